The molecule has 3 heteroatoms. The zero-order chi connectivity index (χ0) is 13.1. The van der Waals surface area contributed by atoms with Gasteiger partial charge in [-0.15, -0.1) is 0 Å². The number of nitrogens with zero attached hydrogens (tertiary/aromatic N) is 2. The zero-order valence-electron chi connectivity index (χ0n) is 10.3. The van der Waals surface area contributed by atoms with Crippen molar-refractivity contribution in [3.8, 4) is 6.07 Å². The molecule has 18 heavy (non-hydrogen) atoms. The van der Waals surface area contributed by atoms with Gasteiger partial charge in [0, 0.05) is 11.8 Å². The van der Waals surface area contributed by atoms with E-state index < -0.39 is 0 Å². The van der Waals surface area contributed by atoms with Crippen LogP contribution in [0.25, 0.3) is 0 Å². The van der Waals surface area contributed by atoms with E-state index in [4.69, 9.17) is 5.26 Å². The van der Waals surface area contributed by atoms with Crippen LogP contribution in [-0.4, -0.2) is 10.8 Å². The van der Waals surface area contributed by atoms with Crippen molar-refractivity contribution in [2.75, 3.05) is 0 Å². The van der Waals surface area contributed by atoms with E-state index in [1.165, 1.54) is 0 Å². The third-order valence-electron chi connectivity index (χ3n) is 2.66. The fraction of sp³-hybridized carbons (Fsp3) is 0.133. The first kappa shape index (κ1) is 12.0. The molecule has 0 saturated carbocycles. The lowest BCUT2D eigenvalue weighted by Gasteiger charge is -2.04. The Morgan fingerprint density at radius 2 is 2.00 bits per heavy atom. The lowest BCUT2D eigenvalue weighted by Crippen LogP contribution is -2.06. The van der Waals surface area contributed by atoms with Crippen LogP contribution in [-0.2, 0) is 0 Å². The standard InChI is InChI=1S/C15H12N2O/c1-10-4-3-5-12(6-10)15(18)13-7-11(2)9-17-14(13)8-16/h3-7,9H,1-2H3. The number of nitriles is 1. The third-order valence-corrected chi connectivity index (χ3v) is 2.66. The van der Waals surface area contributed by atoms with Crippen molar-refractivity contribution >= 4 is 5.78 Å². The Labute approximate surface area is 106 Å². The SMILES string of the molecule is Cc1cccc(C(=O)c2cc(C)cnc2C#N)c1. The first-order chi connectivity index (χ1) is 8.61. The second-order valence-corrected chi connectivity index (χ2v) is 4.22. The molecular formula is C15H12N2O. The van der Waals surface area contributed by atoms with Gasteiger partial charge in [-0.25, -0.2) is 4.98 Å². The van der Waals surface area contributed by atoms with Crippen molar-refractivity contribution < 1.29 is 4.79 Å². The summed E-state index contributed by atoms with van der Waals surface area (Å²) < 4.78 is 0. The monoisotopic (exact) mass is 236 g/mol. The van der Waals surface area contributed by atoms with E-state index in [1.54, 1.807) is 18.3 Å². The van der Waals surface area contributed by atoms with Gasteiger partial charge in [0.05, 0.1) is 5.56 Å². The van der Waals surface area contributed by atoms with Gasteiger partial charge < -0.3 is 0 Å². The highest BCUT2D eigenvalue weighted by Crippen LogP contribution is 2.15. The zero-order valence-corrected chi connectivity index (χ0v) is 10.3. The van der Waals surface area contributed by atoms with Crippen molar-refractivity contribution in [3.05, 3.63) is 64.5 Å². The molecule has 0 aliphatic carbocycles. The Balaban J connectivity index is 2.53. The first-order valence-electron chi connectivity index (χ1n) is 5.60. The highest BCUT2D eigenvalue weighted by molar-refractivity contribution is 6.10. The Morgan fingerprint density at radius 1 is 1.22 bits per heavy atom. The van der Waals surface area contributed by atoms with E-state index in [0.29, 0.717) is 11.1 Å². The van der Waals surface area contributed by atoms with Crippen LogP contribution in [0, 0.1) is 25.2 Å². The molecule has 0 aliphatic rings. The second-order valence-electron chi connectivity index (χ2n) is 4.22. The Bertz CT molecular complexity index is 654. The maximum Gasteiger partial charge on any atom is 0.195 e. The normalized spacial score (nSPS) is 9.83. The molecule has 0 aliphatic heterocycles. The van der Waals surface area contributed by atoms with Crippen LogP contribution in [0.5, 0.6) is 0 Å². The summed E-state index contributed by atoms with van der Waals surface area (Å²) in [6.45, 7) is 3.78. The molecule has 0 spiro atoms. The number of aryl methyl sites for hydroxylation is 2. The third kappa shape index (κ3) is 2.28. The number of benzene rings is 1. The number of hydrogen-bond donors (Lipinski definition) is 0. The quantitative estimate of drug-likeness (QED) is 0.753. The molecule has 0 N–H and O–H groups in total. The average Bonchev–Trinajstić information content (AvgIpc) is 2.38. The summed E-state index contributed by atoms with van der Waals surface area (Å²) in [6.07, 6.45) is 1.59. The van der Waals surface area contributed by atoms with Crippen molar-refractivity contribution in [2.24, 2.45) is 0 Å². The van der Waals surface area contributed by atoms with Crippen LogP contribution < -0.4 is 0 Å². The second kappa shape index (κ2) is 4.80. The lowest BCUT2D eigenvalue weighted by atomic mass is 10.00. The predicted octanol–water partition coefficient (Wildman–Crippen LogP) is 2.80. The molecule has 0 bridgehead atoms. The summed E-state index contributed by atoms with van der Waals surface area (Å²) in [5, 5.41) is 8.99. The van der Waals surface area contributed by atoms with Gasteiger partial charge in [-0.1, -0.05) is 23.8 Å². The van der Waals surface area contributed by atoms with E-state index in [-0.39, 0.29) is 11.5 Å². The van der Waals surface area contributed by atoms with Gasteiger partial charge in [-0.3, -0.25) is 4.79 Å². The average molecular weight is 236 g/mol. The van der Waals surface area contributed by atoms with E-state index in [0.717, 1.165) is 11.1 Å². The molecule has 1 aromatic carbocycles. The Morgan fingerprint density at radius 3 is 2.67 bits per heavy atom. The van der Waals surface area contributed by atoms with Crippen molar-refractivity contribution in [2.45, 2.75) is 13.8 Å². The van der Waals surface area contributed by atoms with Gasteiger partial charge in [0.1, 0.15) is 6.07 Å². The summed E-state index contributed by atoms with van der Waals surface area (Å²) in [4.78, 5) is 16.3. The number of carbonyl (C=O) groups excluding carboxylic acids is 1. The molecule has 88 valence electrons. The van der Waals surface area contributed by atoms with Crippen LogP contribution in [0.1, 0.15) is 32.7 Å². The van der Waals surface area contributed by atoms with Crippen molar-refractivity contribution in [1.29, 1.82) is 5.26 Å². The number of carbonyl (C=O) groups is 1. The van der Waals surface area contributed by atoms with Gasteiger partial charge in [0.25, 0.3) is 0 Å². The van der Waals surface area contributed by atoms with E-state index in [2.05, 4.69) is 4.98 Å². The minimum absolute atomic E-state index is 0.161. The Hall–Kier alpha value is -2.47. The maximum atomic E-state index is 12.3. The molecule has 0 atom stereocenters. The van der Waals surface area contributed by atoms with Gasteiger partial charge in [-0.2, -0.15) is 5.26 Å². The largest absolute Gasteiger partial charge is 0.289 e. The number of ketones is 1. The minimum atomic E-state index is -0.161. The van der Waals surface area contributed by atoms with Crippen LogP contribution in [0.15, 0.2) is 36.5 Å². The summed E-state index contributed by atoms with van der Waals surface area (Å²) in [5.41, 5.74) is 3.00. The fourth-order valence-corrected chi connectivity index (χ4v) is 1.77. The molecular weight excluding hydrogens is 224 g/mol. The molecule has 3 nitrogen and oxygen atoms in total. The van der Waals surface area contributed by atoms with Gasteiger partial charge >= 0.3 is 0 Å². The number of hydrogen-bond acceptors (Lipinski definition) is 3. The molecule has 2 aromatic rings. The summed E-state index contributed by atoms with van der Waals surface area (Å²) in [5.74, 6) is -0.161. The summed E-state index contributed by atoms with van der Waals surface area (Å²) in [7, 11) is 0. The lowest BCUT2D eigenvalue weighted by molar-refractivity contribution is 0.103. The number of pyridine rings is 1. The number of aromatic nitrogens is 1. The fourth-order valence-electron chi connectivity index (χ4n) is 1.77. The van der Waals surface area contributed by atoms with Gasteiger partial charge in [0.2, 0.25) is 0 Å². The van der Waals surface area contributed by atoms with E-state index in [1.807, 2.05) is 38.1 Å². The van der Waals surface area contributed by atoms with Crippen LogP contribution in [0.4, 0.5) is 0 Å². The molecule has 2 rings (SSSR count). The maximum absolute atomic E-state index is 12.3. The smallest absolute Gasteiger partial charge is 0.195 e. The van der Waals surface area contributed by atoms with Crippen LogP contribution >= 0.6 is 0 Å². The first-order valence-corrected chi connectivity index (χ1v) is 5.60. The highest BCUT2D eigenvalue weighted by Gasteiger charge is 2.14. The molecule has 0 radical (unpaired) electrons. The number of rotatable bonds is 2. The topological polar surface area (TPSA) is 53.8 Å². The van der Waals surface area contributed by atoms with Crippen molar-refractivity contribution in [3.63, 3.8) is 0 Å². The van der Waals surface area contributed by atoms with Crippen LogP contribution in [0.3, 0.4) is 0 Å². The molecule has 0 amide bonds. The molecule has 1 aromatic heterocycles. The van der Waals surface area contributed by atoms with E-state index >= 15 is 0 Å². The summed E-state index contributed by atoms with van der Waals surface area (Å²) >= 11 is 0. The summed E-state index contributed by atoms with van der Waals surface area (Å²) in [6, 6.07) is 11.0. The molecule has 0 saturated heterocycles. The molecule has 0 unspecified atom stereocenters. The van der Waals surface area contributed by atoms with Gasteiger partial charge in [-0.05, 0) is 31.5 Å². The van der Waals surface area contributed by atoms with Crippen LogP contribution in [0.2, 0.25) is 0 Å². The highest BCUT2D eigenvalue weighted by atomic mass is 16.1. The molecule has 0 fully saturated rings. The van der Waals surface area contributed by atoms with Gasteiger partial charge in [0.15, 0.2) is 11.5 Å². The van der Waals surface area contributed by atoms with E-state index in [9.17, 15) is 4.79 Å². The molecule has 1 heterocycles. The minimum Gasteiger partial charge on any atom is -0.289 e. The Kier molecular flexibility index (Phi) is 3.20. The van der Waals surface area contributed by atoms with Crippen molar-refractivity contribution in [1.82, 2.24) is 4.98 Å². The predicted molar refractivity (Wildman–Crippen MR) is 68.3 cm³/mol.